The van der Waals surface area contributed by atoms with Gasteiger partial charge < -0.3 is 83.1 Å². The first-order chi connectivity index (χ1) is 32.2. The second kappa shape index (κ2) is 19.8. The molecule has 0 amide bonds. The lowest BCUT2D eigenvalue weighted by Gasteiger charge is -2.64. The van der Waals surface area contributed by atoms with Gasteiger partial charge in [0.15, 0.2) is 25.2 Å². The fraction of sp³-hybridized carbons (Fsp3) is 0.918. The predicted molar refractivity (Wildman–Crippen MR) is 233 cm³/mol. The van der Waals surface area contributed by atoms with Crippen molar-refractivity contribution < 1.29 is 92.7 Å². The summed E-state index contributed by atoms with van der Waals surface area (Å²) in [5.41, 5.74) is 0.0484. The Morgan fingerprint density at radius 2 is 1.34 bits per heavy atom. The number of hydrogen-bond donors (Lipinski definition) is 7. The van der Waals surface area contributed by atoms with Crippen LogP contribution in [0.5, 0.6) is 0 Å². The van der Waals surface area contributed by atoms with Crippen LogP contribution < -0.4 is 0 Å². The van der Waals surface area contributed by atoms with Gasteiger partial charge in [0.1, 0.15) is 55.4 Å². The number of aliphatic hydroxyl groups is 7. The Kier molecular flexibility index (Phi) is 14.9. The standard InChI is InChI=1S/C49H76O19/c1-22-43(66-37-18-33(53)44(23(2)61-37)68-46-42(57)41(56)40(55)35(20-50)65-46)32(52)17-38(60-22)67-45-24(3)62-39(19-34(45)63-25(4)51)64-28-9-12-47(5)27(16-28)7-8-31-30(47)10-13-48(6)29(11-14-49(31,48)58)26-15-36(54)59-21-26/h15,22-24,27-35,37-46,50,52-53,55-58H,7-14,16-21H2,1-6H3/t22-,23-,24-,27-,28+,29-,30+,31-,32+,33+,34+,35-,37+,38+,39+,40-,41+,42-,43-,44-,45-,46+,47+,48-,49+/m1/s1. The number of ether oxygens (including phenoxy) is 10. The van der Waals surface area contributed by atoms with E-state index in [1.54, 1.807) is 19.9 Å². The van der Waals surface area contributed by atoms with Gasteiger partial charge in [-0.2, -0.15) is 0 Å². The minimum absolute atomic E-state index is 0.00791. The first-order valence-corrected chi connectivity index (χ1v) is 25.2. The molecule has 0 radical (unpaired) electrons. The molecule has 25 atom stereocenters. The zero-order valence-electron chi connectivity index (χ0n) is 40.2. The predicted octanol–water partition coefficient (Wildman–Crippen LogP) is 1.64. The van der Waals surface area contributed by atoms with Crippen molar-refractivity contribution in [2.24, 2.45) is 34.5 Å². The van der Waals surface area contributed by atoms with Crippen LogP contribution in [0.3, 0.4) is 0 Å². The van der Waals surface area contributed by atoms with Crippen molar-refractivity contribution in [3.05, 3.63) is 11.6 Å². The minimum Gasteiger partial charge on any atom is -0.459 e. The molecular formula is C49H76O19. The largest absolute Gasteiger partial charge is 0.459 e. The van der Waals surface area contributed by atoms with E-state index >= 15 is 0 Å². The molecule has 4 saturated carbocycles. The molecule has 4 aliphatic carbocycles. The molecule has 68 heavy (non-hydrogen) atoms. The second-order valence-corrected chi connectivity index (χ2v) is 22.1. The fourth-order valence-electron chi connectivity index (χ4n) is 14.6. The summed E-state index contributed by atoms with van der Waals surface area (Å²) >= 11 is 0. The number of carbonyl (C=O) groups excluding carboxylic acids is 2. The van der Waals surface area contributed by atoms with Gasteiger partial charge in [0, 0.05) is 37.7 Å². The van der Waals surface area contributed by atoms with Crippen molar-refractivity contribution >= 4 is 11.9 Å². The zero-order valence-corrected chi connectivity index (χ0v) is 40.2. The van der Waals surface area contributed by atoms with E-state index in [4.69, 9.17) is 47.4 Å². The van der Waals surface area contributed by atoms with E-state index in [2.05, 4.69) is 13.8 Å². The molecule has 5 heterocycles. The van der Waals surface area contributed by atoms with Crippen LogP contribution in [0, 0.1) is 34.5 Å². The van der Waals surface area contributed by atoms with Crippen LogP contribution >= 0.6 is 0 Å². The van der Waals surface area contributed by atoms with Crippen LogP contribution in [0.1, 0.15) is 119 Å². The van der Waals surface area contributed by atoms with Gasteiger partial charge in [0.25, 0.3) is 0 Å². The summed E-state index contributed by atoms with van der Waals surface area (Å²) in [6.45, 7) is 10.9. The summed E-state index contributed by atoms with van der Waals surface area (Å²) in [6.07, 6.45) is -7.68. The molecule has 0 aromatic rings. The molecule has 4 saturated heterocycles. The molecule has 8 fully saturated rings. The van der Waals surface area contributed by atoms with E-state index < -0.39 is 123 Å². The number of cyclic esters (lactones) is 1. The Morgan fingerprint density at radius 3 is 1.96 bits per heavy atom. The Balaban J connectivity index is 0.763. The van der Waals surface area contributed by atoms with Crippen LogP contribution in [0.4, 0.5) is 0 Å². The molecule has 19 nitrogen and oxygen atoms in total. The highest BCUT2D eigenvalue weighted by atomic mass is 16.8. The lowest BCUT2D eigenvalue weighted by molar-refractivity contribution is -0.355. The van der Waals surface area contributed by atoms with Gasteiger partial charge >= 0.3 is 11.9 Å². The molecule has 0 aromatic heterocycles. The van der Waals surface area contributed by atoms with Crippen LogP contribution in [0.25, 0.3) is 0 Å². The van der Waals surface area contributed by atoms with Crippen molar-refractivity contribution in [2.75, 3.05) is 13.2 Å². The van der Waals surface area contributed by atoms with Crippen molar-refractivity contribution in [3.63, 3.8) is 0 Å². The van der Waals surface area contributed by atoms with Gasteiger partial charge in [-0.3, -0.25) is 4.79 Å². The maximum Gasteiger partial charge on any atom is 0.331 e. The Hall–Kier alpha value is -1.92. The van der Waals surface area contributed by atoms with Gasteiger partial charge in [-0.25, -0.2) is 4.79 Å². The Bertz CT molecular complexity index is 1810. The second-order valence-electron chi connectivity index (χ2n) is 22.1. The molecule has 9 rings (SSSR count). The molecule has 7 N–H and O–H groups in total. The maximum atomic E-state index is 12.7. The third-order valence-electron chi connectivity index (χ3n) is 18.3. The highest BCUT2D eigenvalue weighted by molar-refractivity contribution is 5.85. The summed E-state index contributed by atoms with van der Waals surface area (Å²) in [5, 5.41) is 75.4. The van der Waals surface area contributed by atoms with Gasteiger partial charge in [-0.15, -0.1) is 0 Å². The Morgan fingerprint density at radius 1 is 0.706 bits per heavy atom. The molecular weight excluding hydrogens is 893 g/mol. The number of hydrogen-bond acceptors (Lipinski definition) is 19. The molecule has 19 heteroatoms. The summed E-state index contributed by atoms with van der Waals surface area (Å²) in [4.78, 5) is 24.5. The fourth-order valence-corrected chi connectivity index (χ4v) is 14.6. The number of fused-ring (bicyclic) bond motifs is 5. The van der Waals surface area contributed by atoms with E-state index in [-0.39, 0.29) is 54.0 Å². The molecule has 0 spiro atoms. The number of carbonyl (C=O) groups is 2. The van der Waals surface area contributed by atoms with Crippen LogP contribution in [0.15, 0.2) is 11.6 Å². The van der Waals surface area contributed by atoms with Crippen molar-refractivity contribution in [1.82, 2.24) is 0 Å². The van der Waals surface area contributed by atoms with Gasteiger partial charge in [-0.05, 0) is 113 Å². The Labute approximate surface area is 398 Å². The van der Waals surface area contributed by atoms with Crippen molar-refractivity contribution in [2.45, 2.75) is 235 Å². The number of aliphatic hydroxyl groups excluding tert-OH is 6. The molecule has 0 unspecified atom stereocenters. The molecule has 386 valence electrons. The molecule has 9 aliphatic rings. The quantitative estimate of drug-likeness (QED) is 0.115. The topological polar surface area (TPSA) is 268 Å². The van der Waals surface area contributed by atoms with Gasteiger partial charge in [-0.1, -0.05) is 13.8 Å². The van der Waals surface area contributed by atoms with Crippen molar-refractivity contribution in [3.8, 4) is 0 Å². The monoisotopic (exact) mass is 968 g/mol. The third-order valence-corrected chi connectivity index (χ3v) is 18.3. The van der Waals surface area contributed by atoms with Crippen molar-refractivity contribution in [1.29, 1.82) is 0 Å². The summed E-state index contributed by atoms with van der Waals surface area (Å²) in [6, 6.07) is 0. The SMILES string of the molecule is CC(=O)O[C@H]1C[C@H](O[C@H]2CC[C@@]3(C)[C@H](CC[C@@H]4[C@@H]3CC[C@]3(C)[C@@H](C5=CC(=O)OC5)CC[C@]43O)C2)O[C@H](C)[C@H]1O[C@H]1C[C@H](O)[C@H](O[C@H]2C[C@H](O)[C@H](O[C@@H]3O[C@H](CO)[C@@H](O)[C@H](O)[C@H]3O)[C@@H](C)O2)[C@@H](C)O1. The zero-order chi connectivity index (χ0) is 48.6. The van der Waals surface area contributed by atoms with E-state index in [0.29, 0.717) is 18.4 Å². The number of rotatable bonds is 11. The molecule has 0 bridgehead atoms. The minimum atomic E-state index is -1.65. The highest BCUT2D eigenvalue weighted by Crippen LogP contribution is 2.70. The summed E-state index contributed by atoms with van der Waals surface area (Å²) in [5.74, 6) is 0.448. The average molecular weight is 969 g/mol. The van der Waals surface area contributed by atoms with Crippen LogP contribution in [0.2, 0.25) is 0 Å². The maximum absolute atomic E-state index is 12.7. The summed E-state index contributed by atoms with van der Waals surface area (Å²) < 4.78 is 60.5. The van der Waals surface area contributed by atoms with Gasteiger partial charge in [0.05, 0.1) is 48.8 Å². The third kappa shape index (κ3) is 9.36. The average Bonchev–Trinajstić information content (AvgIpc) is 3.83. The van der Waals surface area contributed by atoms with Crippen LogP contribution in [-0.4, -0.2) is 177 Å². The van der Waals surface area contributed by atoms with Crippen LogP contribution in [-0.2, 0) is 57.0 Å². The van der Waals surface area contributed by atoms with E-state index in [1.807, 2.05) is 6.92 Å². The normalized spacial score (nSPS) is 52.8. The van der Waals surface area contributed by atoms with E-state index in [0.717, 1.165) is 63.4 Å². The molecule has 0 aromatic carbocycles. The smallest absolute Gasteiger partial charge is 0.331 e. The van der Waals surface area contributed by atoms with Gasteiger partial charge in [0.2, 0.25) is 0 Å². The van der Waals surface area contributed by atoms with E-state index in [1.165, 1.54) is 6.92 Å². The first-order valence-electron chi connectivity index (χ1n) is 25.2. The van der Waals surface area contributed by atoms with E-state index in [9.17, 15) is 45.3 Å². The molecule has 5 aliphatic heterocycles. The first kappa shape index (κ1) is 51.0. The lowest BCUT2D eigenvalue weighted by Crippen LogP contribution is -2.62. The summed E-state index contributed by atoms with van der Waals surface area (Å²) in [7, 11) is 0. The highest BCUT2D eigenvalue weighted by Gasteiger charge is 2.68. The lowest BCUT2D eigenvalue weighted by atomic mass is 9.43. The number of esters is 2.